The average molecular weight is 475 g/mol. The number of imidazole rings is 1. The summed E-state index contributed by atoms with van der Waals surface area (Å²) in [5.41, 5.74) is 3.82. The molecule has 2 aliphatic rings. The van der Waals surface area contributed by atoms with Gasteiger partial charge < -0.3 is 4.84 Å². The van der Waals surface area contributed by atoms with Gasteiger partial charge in [-0.05, 0) is 78.1 Å². The highest BCUT2D eigenvalue weighted by Crippen LogP contribution is 2.43. The number of hydrogen-bond acceptors (Lipinski definition) is 3. The molecule has 2 aromatic carbocycles. The molecule has 1 atom stereocenters. The summed E-state index contributed by atoms with van der Waals surface area (Å²) in [6.07, 6.45) is 7.13. The Balaban J connectivity index is 1.54. The zero-order valence-corrected chi connectivity index (χ0v) is 19.1. The standard InChI is InChI=1S/C24H26F2N3O3S/c1-32-27-11-12-29(16-27)33(30,31)28-10-2-3-19(15-28)24-22-8-6-20(25)13-17(22)4-5-18-14-21(26)7-9-23(18)24/h6-9,11-14,16,19,24H,2-5,10,15H2,1H3/q+1. The maximum atomic E-state index is 14.1. The fourth-order valence-corrected chi connectivity index (χ4v) is 6.71. The van der Waals surface area contributed by atoms with Crippen LogP contribution in [-0.4, -0.2) is 37.7 Å². The number of aromatic nitrogens is 2. The van der Waals surface area contributed by atoms with Gasteiger partial charge in [0.1, 0.15) is 18.7 Å². The Morgan fingerprint density at radius 3 is 2.24 bits per heavy atom. The number of aryl methyl sites for hydroxylation is 2. The molecule has 0 bridgehead atoms. The summed E-state index contributed by atoms with van der Waals surface area (Å²) in [6.45, 7) is 0.745. The molecule has 1 saturated heterocycles. The maximum Gasteiger partial charge on any atom is 0.379 e. The molecule has 6 nitrogen and oxygen atoms in total. The van der Waals surface area contributed by atoms with Crippen LogP contribution in [0.2, 0.25) is 0 Å². The second-order valence-electron chi connectivity index (χ2n) is 8.72. The van der Waals surface area contributed by atoms with Crippen LogP contribution in [0.4, 0.5) is 8.78 Å². The topological polar surface area (TPSA) is 55.4 Å². The highest BCUT2D eigenvalue weighted by Gasteiger charge is 2.39. The van der Waals surface area contributed by atoms with Gasteiger partial charge in [-0.25, -0.2) is 8.78 Å². The fourth-order valence-electron chi connectivity index (χ4n) is 5.29. The van der Waals surface area contributed by atoms with Crippen LogP contribution in [0.1, 0.15) is 41.0 Å². The lowest BCUT2D eigenvalue weighted by Gasteiger charge is -2.36. The lowest BCUT2D eigenvalue weighted by Crippen LogP contribution is -2.55. The van der Waals surface area contributed by atoms with Gasteiger partial charge >= 0.3 is 16.5 Å². The first-order valence-electron chi connectivity index (χ1n) is 11.1. The number of hydrogen-bond donors (Lipinski definition) is 0. The van der Waals surface area contributed by atoms with Crippen molar-refractivity contribution in [1.82, 2.24) is 9.04 Å². The Morgan fingerprint density at radius 2 is 1.67 bits per heavy atom. The minimum absolute atomic E-state index is 0.0230. The Labute approximate surface area is 192 Å². The molecule has 9 heteroatoms. The van der Waals surface area contributed by atoms with Gasteiger partial charge in [-0.2, -0.15) is 12.7 Å². The zero-order chi connectivity index (χ0) is 23.2. The van der Waals surface area contributed by atoms with Crippen LogP contribution in [0.25, 0.3) is 0 Å². The van der Waals surface area contributed by atoms with Crippen LogP contribution in [0, 0.1) is 17.6 Å². The summed E-state index contributed by atoms with van der Waals surface area (Å²) in [4.78, 5) is 5.06. The zero-order valence-electron chi connectivity index (χ0n) is 18.3. The Morgan fingerprint density at radius 1 is 1.03 bits per heavy atom. The average Bonchev–Trinajstić information content (AvgIpc) is 3.25. The van der Waals surface area contributed by atoms with E-state index >= 15 is 0 Å². The lowest BCUT2D eigenvalue weighted by molar-refractivity contribution is -0.517. The Kier molecular flexibility index (Phi) is 5.70. The molecule has 5 rings (SSSR count). The van der Waals surface area contributed by atoms with Crippen LogP contribution in [0.3, 0.4) is 0 Å². The minimum Gasteiger partial charge on any atom is -0.339 e. The Bertz CT molecular complexity index is 1240. The molecule has 1 aliphatic carbocycles. The summed E-state index contributed by atoms with van der Waals surface area (Å²) in [7, 11) is -2.31. The van der Waals surface area contributed by atoms with Crippen molar-refractivity contribution >= 4 is 10.2 Å². The summed E-state index contributed by atoms with van der Waals surface area (Å²) in [5.74, 6) is -0.747. The molecule has 1 aliphatic heterocycles. The van der Waals surface area contributed by atoms with Crippen molar-refractivity contribution in [3.05, 3.63) is 89.0 Å². The van der Waals surface area contributed by atoms with E-state index in [-0.39, 0.29) is 23.5 Å². The van der Waals surface area contributed by atoms with Crippen molar-refractivity contribution in [3.8, 4) is 0 Å². The number of nitrogens with zero attached hydrogens (tertiary/aromatic N) is 3. The van der Waals surface area contributed by atoms with Gasteiger partial charge in [0.2, 0.25) is 0 Å². The molecule has 1 unspecified atom stereocenters. The maximum absolute atomic E-state index is 14.1. The molecule has 2 heterocycles. The predicted octanol–water partition coefficient (Wildman–Crippen LogP) is 2.85. The van der Waals surface area contributed by atoms with Gasteiger partial charge in [0.15, 0.2) is 12.4 Å². The Hall–Kier alpha value is -2.78. The van der Waals surface area contributed by atoms with Crippen molar-refractivity contribution in [3.63, 3.8) is 0 Å². The van der Waals surface area contributed by atoms with Crippen LogP contribution in [0.15, 0.2) is 55.1 Å². The first-order chi connectivity index (χ1) is 15.9. The second-order valence-corrected chi connectivity index (χ2v) is 10.6. The third kappa shape index (κ3) is 4.04. The third-order valence-electron chi connectivity index (χ3n) is 6.83. The first-order valence-corrected chi connectivity index (χ1v) is 12.5. The van der Waals surface area contributed by atoms with E-state index in [1.807, 2.05) is 12.1 Å². The summed E-state index contributed by atoms with van der Waals surface area (Å²) >= 11 is 0. The number of piperidine rings is 1. The van der Waals surface area contributed by atoms with E-state index < -0.39 is 10.2 Å². The number of fused-ring (bicyclic) bond motifs is 2. The molecule has 0 spiro atoms. The molecular weight excluding hydrogens is 448 g/mol. The predicted molar refractivity (Wildman–Crippen MR) is 118 cm³/mol. The lowest BCUT2D eigenvalue weighted by atomic mass is 9.75. The van der Waals surface area contributed by atoms with Gasteiger partial charge in [-0.3, -0.25) is 0 Å². The van der Waals surface area contributed by atoms with Gasteiger partial charge in [0, 0.05) is 19.0 Å². The van der Waals surface area contributed by atoms with E-state index in [1.54, 1.807) is 12.1 Å². The monoisotopic (exact) mass is 474 g/mol. The SMILES string of the molecule is COn1cc[n+](S(=O)(=O)N2CCCC(C3c4ccc(F)cc4CCc4cc(F)ccc43)C2)c1. The molecule has 33 heavy (non-hydrogen) atoms. The second kappa shape index (κ2) is 8.53. The van der Waals surface area contributed by atoms with E-state index in [1.165, 1.54) is 47.0 Å². The molecule has 0 saturated carbocycles. The fraction of sp³-hybridized carbons (Fsp3) is 0.375. The third-order valence-corrected chi connectivity index (χ3v) is 8.56. The van der Waals surface area contributed by atoms with Crippen LogP contribution >= 0.6 is 0 Å². The highest BCUT2D eigenvalue weighted by atomic mass is 32.2. The number of rotatable bonds is 4. The van der Waals surface area contributed by atoms with Crippen molar-refractivity contribution in [1.29, 1.82) is 0 Å². The van der Waals surface area contributed by atoms with Gasteiger partial charge in [-0.1, -0.05) is 16.9 Å². The van der Waals surface area contributed by atoms with Gasteiger partial charge in [0.25, 0.3) is 0 Å². The summed E-state index contributed by atoms with van der Waals surface area (Å²) < 4.78 is 58.7. The smallest absolute Gasteiger partial charge is 0.339 e. The van der Waals surface area contributed by atoms with E-state index in [9.17, 15) is 17.2 Å². The van der Waals surface area contributed by atoms with Gasteiger partial charge in [-0.15, -0.1) is 3.97 Å². The molecular formula is C24H26F2N3O3S+. The molecule has 1 aromatic heterocycles. The van der Waals surface area contributed by atoms with E-state index in [0.29, 0.717) is 32.4 Å². The summed E-state index contributed by atoms with van der Waals surface area (Å²) in [5, 5.41) is 0. The van der Waals surface area contributed by atoms with E-state index in [0.717, 1.165) is 32.6 Å². The van der Waals surface area contributed by atoms with Crippen LogP contribution < -0.4 is 8.81 Å². The molecule has 174 valence electrons. The molecule has 0 radical (unpaired) electrons. The number of halogens is 2. The molecule has 0 N–H and O–H groups in total. The van der Waals surface area contributed by atoms with Crippen LogP contribution in [-0.2, 0) is 23.1 Å². The van der Waals surface area contributed by atoms with E-state index in [2.05, 4.69) is 0 Å². The number of benzene rings is 2. The first kappa shape index (κ1) is 22.0. The highest BCUT2D eigenvalue weighted by molar-refractivity contribution is 7.82. The van der Waals surface area contributed by atoms with Crippen molar-refractivity contribution in [2.45, 2.75) is 31.6 Å². The van der Waals surface area contributed by atoms with E-state index in [4.69, 9.17) is 4.84 Å². The van der Waals surface area contributed by atoms with Crippen molar-refractivity contribution in [2.75, 3.05) is 20.2 Å². The quantitative estimate of drug-likeness (QED) is 0.547. The molecule has 1 fully saturated rings. The van der Waals surface area contributed by atoms with Crippen molar-refractivity contribution in [2.24, 2.45) is 5.92 Å². The molecule has 0 amide bonds. The van der Waals surface area contributed by atoms with Crippen LogP contribution in [0.5, 0.6) is 0 Å². The minimum atomic E-state index is -3.77. The normalized spacial score (nSPS) is 19.5. The largest absolute Gasteiger partial charge is 0.379 e. The van der Waals surface area contributed by atoms with Crippen molar-refractivity contribution < 1.29 is 26.0 Å². The van der Waals surface area contributed by atoms with Gasteiger partial charge in [0.05, 0.1) is 0 Å². The molecule has 3 aromatic rings. The summed E-state index contributed by atoms with van der Waals surface area (Å²) in [6, 6.07) is 9.67.